The number of benzene rings is 1. The topological polar surface area (TPSA) is 30.5 Å². The summed E-state index contributed by atoms with van der Waals surface area (Å²) >= 11 is 3.06. The molecular formula is C13H18BrF2NO2. The van der Waals surface area contributed by atoms with E-state index >= 15 is 0 Å². The Kier molecular flexibility index (Phi) is 7.45. The van der Waals surface area contributed by atoms with E-state index in [1.165, 1.54) is 12.1 Å². The van der Waals surface area contributed by atoms with E-state index < -0.39 is 11.6 Å². The summed E-state index contributed by atoms with van der Waals surface area (Å²) in [4.78, 5) is 0. The molecule has 19 heavy (non-hydrogen) atoms. The van der Waals surface area contributed by atoms with Crippen LogP contribution in [-0.2, 0) is 15.9 Å². The summed E-state index contributed by atoms with van der Waals surface area (Å²) in [5.41, 5.74) is 0.0593. The minimum absolute atomic E-state index is 0.0593. The lowest BCUT2D eigenvalue weighted by molar-refractivity contribution is 0.0595. The highest BCUT2D eigenvalue weighted by atomic mass is 79.9. The highest BCUT2D eigenvalue weighted by molar-refractivity contribution is 9.10. The molecule has 0 heterocycles. The molecule has 1 aromatic rings. The SMILES string of the molecule is CNC(COCCOC)Cc1c(F)ccc(Br)c1F. The van der Waals surface area contributed by atoms with Crippen molar-refractivity contribution in [3.05, 3.63) is 33.8 Å². The summed E-state index contributed by atoms with van der Waals surface area (Å²) < 4.78 is 37.9. The zero-order valence-corrected chi connectivity index (χ0v) is 12.6. The Morgan fingerprint density at radius 2 is 2.05 bits per heavy atom. The molecule has 0 fully saturated rings. The maximum absolute atomic E-state index is 13.8. The molecule has 1 rings (SSSR count). The molecule has 1 aromatic carbocycles. The van der Waals surface area contributed by atoms with Crippen molar-refractivity contribution in [2.45, 2.75) is 12.5 Å². The van der Waals surface area contributed by atoms with Gasteiger partial charge in [-0.05, 0) is 41.5 Å². The third-order valence-electron chi connectivity index (χ3n) is 2.75. The second-order valence-electron chi connectivity index (χ2n) is 4.08. The molecule has 0 amide bonds. The van der Waals surface area contributed by atoms with Crippen molar-refractivity contribution in [2.24, 2.45) is 0 Å². The number of hydrogen-bond donors (Lipinski definition) is 1. The first-order chi connectivity index (χ1) is 9.10. The number of halogens is 3. The van der Waals surface area contributed by atoms with Gasteiger partial charge in [-0.3, -0.25) is 0 Å². The maximum atomic E-state index is 13.8. The van der Waals surface area contributed by atoms with Gasteiger partial charge in [0.15, 0.2) is 0 Å². The van der Waals surface area contributed by atoms with Crippen molar-refractivity contribution in [1.29, 1.82) is 0 Å². The van der Waals surface area contributed by atoms with Gasteiger partial charge < -0.3 is 14.8 Å². The van der Waals surface area contributed by atoms with Gasteiger partial charge in [-0.1, -0.05) is 0 Å². The lowest BCUT2D eigenvalue weighted by Gasteiger charge is -2.17. The molecule has 108 valence electrons. The van der Waals surface area contributed by atoms with Gasteiger partial charge in [0.1, 0.15) is 11.6 Å². The predicted molar refractivity (Wildman–Crippen MR) is 73.3 cm³/mol. The summed E-state index contributed by atoms with van der Waals surface area (Å²) in [6.07, 6.45) is 0.223. The van der Waals surface area contributed by atoms with E-state index in [2.05, 4.69) is 21.2 Å². The Morgan fingerprint density at radius 3 is 2.68 bits per heavy atom. The number of methoxy groups -OCH3 is 1. The molecule has 0 aromatic heterocycles. The second-order valence-corrected chi connectivity index (χ2v) is 4.93. The molecule has 0 bridgehead atoms. The van der Waals surface area contributed by atoms with Crippen molar-refractivity contribution in [2.75, 3.05) is 34.0 Å². The summed E-state index contributed by atoms with van der Waals surface area (Å²) in [6.45, 7) is 1.32. The first kappa shape index (κ1) is 16.5. The van der Waals surface area contributed by atoms with Crippen LogP contribution in [0.25, 0.3) is 0 Å². The van der Waals surface area contributed by atoms with E-state index in [1.807, 2.05) is 0 Å². The van der Waals surface area contributed by atoms with Crippen molar-refractivity contribution in [3.63, 3.8) is 0 Å². The molecule has 1 atom stereocenters. The number of rotatable bonds is 8. The first-order valence-electron chi connectivity index (χ1n) is 5.96. The number of ether oxygens (including phenoxy) is 2. The second kappa shape index (κ2) is 8.58. The maximum Gasteiger partial charge on any atom is 0.143 e. The Bertz CT molecular complexity index is 404. The molecule has 0 aliphatic heterocycles. The fourth-order valence-corrected chi connectivity index (χ4v) is 1.99. The molecule has 3 nitrogen and oxygen atoms in total. The van der Waals surface area contributed by atoms with E-state index in [4.69, 9.17) is 9.47 Å². The standard InChI is InChI=1S/C13H18BrF2NO2/c1-17-9(8-19-6-5-18-2)7-10-12(15)4-3-11(14)13(10)16/h3-4,9,17H,5-8H2,1-2H3. The van der Waals surface area contributed by atoms with Crippen LogP contribution < -0.4 is 5.32 Å². The largest absolute Gasteiger partial charge is 0.382 e. The van der Waals surface area contributed by atoms with E-state index in [-0.39, 0.29) is 22.5 Å². The van der Waals surface area contributed by atoms with Crippen LogP contribution in [0, 0.1) is 11.6 Å². The van der Waals surface area contributed by atoms with Gasteiger partial charge in [0.25, 0.3) is 0 Å². The molecule has 1 unspecified atom stereocenters. The summed E-state index contributed by atoms with van der Waals surface area (Å²) in [5.74, 6) is -1.10. The minimum Gasteiger partial charge on any atom is -0.382 e. The average molecular weight is 338 g/mol. The fraction of sp³-hybridized carbons (Fsp3) is 0.538. The third-order valence-corrected chi connectivity index (χ3v) is 3.36. The van der Waals surface area contributed by atoms with Crippen molar-refractivity contribution >= 4 is 15.9 Å². The van der Waals surface area contributed by atoms with Crippen LogP contribution in [0.1, 0.15) is 5.56 Å². The molecule has 0 radical (unpaired) electrons. The van der Waals surface area contributed by atoms with Gasteiger partial charge in [-0.15, -0.1) is 0 Å². The van der Waals surface area contributed by atoms with E-state index in [1.54, 1.807) is 14.2 Å². The zero-order valence-electron chi connectivity index (χ0n) is 11.0. The Hall–Kier alpha value is -0.560. The zero-order chi connectivity index (χ0) is 14.3. The predicted octanol–water partition coefficient (Wildman–Crippen LogP) is 2.52. The molecule has 1 N–H and O–H groups in total. The normalized spacial score (nSPS) is 12.7. The lowest BCUT2D eigenvalue weighted by Crippen LogP contribution is -2.33. The van der Waals surface area contributed by atoms with Crippen molar-refractivity contribution < 1.29 is 18.3 Å². The molecule has 0 spiro atoms. The first-order valence-corrected chi connectivity index (χ1v) is 6.75. The number of nitrogens with one attached hydrogen (secondary N) is 1. The number of hydrogen-bond acceptors (Lipinski definition) is 3. The Balaban J connectivity index is 2.63. The third kappa shape index (κ3) is 5.14. The van der Waals surface area contributed by atoms with Crippen LogP contribution in [0.2, 0.25) is 0 Å². The lowest BCUT2D eigenvalue weighted by atomic mass is 10.1. The van der Waals surface area contributed by atoms with Gasteiger partial charge in [0, 0.05) is 18.7 Å². The molecule has 0 saturated carbocycles. The minimum atomic E-state index is -0.558. The van der Waals surface area contributed by atoms with Crippen LogP contribution in [-0.4, -0.2) is 40.0 Å². The van der Waals surface area contributed by atoms with Gasteiger partial charge >= 0.3 is 0 Å². The van der Waals surface area contributed by atoms with Crippen LogP contribution in [0.5, 0.6) is 0 Å². The van der Waals surface area contributed by atoms with Crippen molar-refractivity contribution in [1.82, 2.24) is 5.32 Å². The van der Waals surface area contributed by atoms with E-state index in [0.717, 1.165) is 0 Å². The van der Waals surface area contributed by atoms with Crippen LogP contribution in [0.3, 0.4) is 0 Å². The summed E-state index contributed by atoms with van der Waals surface area (Å²) in [5, 5.41) is 2.99. The highest BCUT2D eigenvalue weighted by Gasteiger charge is 2.17. The van der Waals surface area contributed by atoms with Crippen LogP contribution >= 0.6 is 15.9 Å². The summed E-state index contributed by atoms with van der Waals surface area (Å²) in [7, 11) is 3.32. The highest BCUT2D eigenvalue weighted by Crippen LogP contribution is 2.22. The Morgan fingerprint density at radius 1 is 1.32 bits per heavy atom. The number of likely N-dealkylation sites (N-methyl/N-ethyl adjacent to an activating group) is 1. The van der Waals surface area contributed by atoms with Crippen molar-refractivity contribution in [3.8, 4) is 0 Å². The van der Waals surface area contributed by atoms with Gasteiger partial charge in [-0.2, -0.15) is 0 Å². The van der Waals surface area contributed by atoms with Crippen LogP contribution in [0.15, 0.2) is 16.6 Å². The monoisotopic (exact) mass is 337 g/mol. The average Bonchev–Trinajstić information content (AvgIpc) is 2.41. The fourth-order valence-electron chi connectivity index (χ4n) is 1.61. The molecular weight excluding hydrogens is 320 g/mol. The molecule has 0 saturated heterocycles. The van der Waals surface area contributed by atoms with Crippen LogP contribution in [0.4, 0.5) is 8.78 Å². The van der Waals surface area contributed by atoms with Gasteiger partial charge in [0.2, 0.25) is 0 Å². The molecule has 0 aliphatic carbocycles. The summed E-state index contributed by atoms with van der Waals surface area (Å²) in [6, 6.07) is 2.45. The van der Waals surface area contributed by atoms with E-state index in [9.17, 15) is 8.78 Å². The van der Waals surface area contributed by atoms with Gasteiger partial charge in [-0.25, -0.2) is 8.78 Å². The van der Waals surface area contributed by atoms with Gasteiger partial charge in [0.05, 0.1) is 24.3 Å². The molecule has 0 aliphatic rings. The Labute approximate surface area is 120 Å². The van der Waals surface area contributed by atoms with E-state index in [0.29, 0.717) is 19.8 Å². The molecule has 6 heteroatoms. The smallest absolute Gasteiger partial charge is 0.143 e. The quantitative estimate of drug-likeness (QED) is 0.584.